The van der Waals surface area contributed by atoms with Crippen LogP contribution in [0.15, 0.2) is 46.5 Å². The van der Waals surface area contributed by atoms with Crippen molar-refractivity contribution in [3.63, 3.8) is 0 Å². The third kappa shape index (κ3) is 4.44. The number of hydrogen-bond acceptors (Lipinski definition) is 4. The SMILES string of the molecule is CC(C)(C)c1ccc(C(N)CSc2nccc(=O)[nH]2)cc1. The predicted molar refractivity (Wildman–Crippen MR) is 87.7 cm³/mol. The van der Waals surface area contributed by atoms with Crippen LogP contribution in [0.3, 0.4) is 0 Å². The molecule has 0 saturated heterocycles. The van der Waals surface area contributed by atoms with Crippen molar-refractivity contribution < 1.29 is 0 Å². The number of nitrogens with two attached hydrogens (primary N) is 1. The van der Waals surface area contributed by atoms with Gasteiger partial charge in [-0.3, -0.25) is 4.79 Å². The molecule has 4 nitrogen and oxygen atoms in total. The van der Waals surface area contributed by atoms with E-state index in [4.69, 9.17) is 5.73 Å². The molecule has 1 heterocycles. The number of benzene rings is 1. The molecule has 5 heteroatoms. The molecule has 2 rings (SSSR count). The van der Waals surface area contributed by atoms with Crippen molar-refractivity contribution in [2.75, 3.05) is 5.75 Å². The molecular weight excluding hydrogens is 282 g/mol. The van der Waals surface area contributed by atoms with E-state index in [1.807, 2.05) is 0 Å². The first-order valence-electron chi connectivity index (χ1n) is 6.90. The summed E-state index contributed by atoms with van der Waals surface area (Å²) < 4.78 is 0. The van der Waals surface area contributed by atoms with E-state index in [1.165, 1.54) is 29.6 Å². The van der Waals surface area contributed by atoms with Crippen LogP contribution in [-0.4, -0.2) is 15.7 Å². The highest BCUT2D eigenvalue weighted by Gasteiger charge is 2.14. The van der Waals surface area contributed by atoms with Crippen molar-refractivity contribution in [3.05, 3.63) is 58.0 Å². The number of rotatable bonds is 4. The Balaban J connectivity index is 2.00. The zero-order valence-electron chi connectivity index (χ0n) is 12.6. The number of thioether (sulfide) groups is 1. The first kappa shape index (κ1) is 15.8. The van der Waals surface area contributed by atoms with Crippen molar-refractivity contribution in [1.82, 2.24) is 9.97 Å². The minimum absolute atomic E-state index is 0.0884. The lowest BCUT2D eigenvalue weighted by molar-refractivity contribution is 0.589. The Hall–Kier alpha value is -1.59. The molecule has 1 unspecified atom stereocenters. The standard InChI is InChI=1S/C16H21N3OS/c1-16(2,3)12-6-4-11(5-7-12)13(17)10-21-15-18-9-8-14(20)19-15/h4-9,13H,10,17H2,1-3H3,(H,18,19,20). The molecule has 1 aromatic carbocycles. The van der Waals surface area contributed by atoms with Crippen LogP contribution in [0, 0.1) is 0 Å². The second kappa shape index (κ2) is 6.45. The van der Waals surface area contributed by atoms with Gasteiger partial charge >= 0.3 is 0 Å². The summed E-state index contributed by atoms with van der Waals surface area (Å²) in [7, 11) is 0. The van der Waals surface area contributed by atoms with Gasteiger partial charge < -0.3 is 10.7 Å². The summed E-state index contributed by atoms with van der Waals surface area (Å²) in [6.45, 7) is 6.57. The van der Waals surface area contributed by atoms with Crippen LogP contribution in [0.5, 0.6) is 0 Å². The molecule has 0 saturated carbocycles. The Bertz CT molecular complexity index is 644. The normalized spacial score (nSPS) is 13.1. The van der Waals surface area contributed by atoms with Gasteiger partial charge in [0.25, 0.3) is 5.56 Å². The van der Waals surface area contributed by atoms with Crippen molar-refractivity contribution >= 4 is 11.8 Å². The molecule has 1 atom stereocenters. The highest BCUT2D eigenvalue weighted by atomic mass is 32.2. The van der Waals surface area contributed by atoms with Gasteiger partial charge in [-0.25, -0.2) is 4.98 Å². The maximum atomic E-state index is 11.2. The van der Waals surface area contributed by atoms with Crippen LogP contribution in [0.2, 0.25) is 0 Å². The molecule has 0 aliphatic carbocycles. The Morgan fingerprint density at radius 2 is 1.90 bits per heavy atom. The first-order valence-corrected chi connectivity index (χ1v) is 7.89. The van der Waals surface area contributed by atoms with Gasteiger partial charge in [-0.2, -0.15) is 0 Å². The quantitative estimate of drug-likeness (QED) is 0.673. The average molecular weight is 303 g/mol. The van der Waals surface area contributed by atoms with Crippen LogP contribution < -0.4 is 11.3 Å². The van der Waals surface area contributed by atoms with Crippen LogP contribution >= 0.6 is 11.8 Å². The van der Waals surface area contributed by atoms with E-state index in [9.17, 15) is 4.79 Å². The summed E-state index contributed by atoms with van der Waals surface area (Å²) in [5.41, 5.74) is 8.58. The summed E-state index contributed by atoms with van der Waals surface area (Å²) in [6.07, 6.45) is 1.50. The van der Waals surface area contributed by atoms with Gasteiger partial charge in [0.2, 0.25) is 0 Å². The molecule has 0 fully saturated rings. The molecule has 0 aliphatic rings. The van der Waals surface area contributed by atoms with E-state index in [0.29, 0.717) is 10.9 Å². The third-order valence-corrected chi connectivity index (χ3v) is 4.26. The topological polar surface area (TPSA) is 71.8 Å². The zero-order chi connectivity index (χ0) is 15.5. The Kier molecular flexibility index (Phi) is 4.85. The van der Waals surface area contributed by atoms with Crippen LogP contribution in [0.1, 0.15) is 37.9 Å². The number of nitrogens with one attached hydrogen (secondary N) is 1. The lowest BCUT2D eigenvalue weighted by atomic mass is 9.86. The number of aromatic nitrogens is 2. The van der Waals surface area contributed by atoms with Gasteiger partial charge in [-0.05, 0) is 16.5 Å². The first-order chi connectivity index (χ1) is 9.86. The maximum Gasteiger partial charge on any atom is 0.251 e. The highest BCUT2D eigenvalue weighted by Crippen LogP contribution is 2.25. The second-order valence-corrected chi connectivity index (χ2v) is 7.04. The van der Waals surface area contributed by atoms with Gasteiger partial charge in [0, 0.05) is 24.1 Å². The number of aromatic amines is 1. The van der Waals surface area contributed by atoms with E-state index in [1.54, 1.807) is 0 Å². The molecule has 2 aromatic rings. The van der Waals surface area contributed by atoms with Crippen molar-refractivity contribution in [3.8, 4) is 0 Å². The average Bonchev–Trinajstić information content (AvgIpc) is 2.44. The van der Waals surface area contributed by atoms with E-state index in [2.05, 4.69) is 55.0 Å². The monoisotopic (exact) mass is 303 g/mol. The number of H-pyrrole nitrogens is 1. The fourth-order valence-corrected chi connectivity index (χ4v) is 2.76. The number of hydrogen-bond donors (Lipinski definition) is 2. The van der Waals surface area contributed by atoms with Crippen molar-refractivity contribution in [1.29, 1.82) is 0 Å². The predicted octanol–water partition coefficient (Wildman–Crippen LogP) is 2.86. The highest BCUT2D eigenvalue weighted by molar-refractivity contribution is 7.99. The van der Waals surface area contributed by atoms with Crippen LogP contribution in [0.25, 0.3) is 0 Å². The van der Waals surface area contributed by atoms with Gasteiger partial charge in [0.15, 0.2) is 5.16 Å². The Labute approximate surface area is 129 Å². The lowest BCUT2D eigenvalue weighted by Gasteiger charge is -2.20. The van der Waals surface area contributed by atoms with Crippen LogP contribution in [-0.2, 0) is 5.41 Å². The molecule has 21 heavy (non-hydrogen) atoms. The minimum atomic E-state index is -0.143. The lowest BCUT2D eigenvalue weighted by Crippen LogP contribution is -2.15. The summed E-state index contributed by atoms with van der Waals surface area (Å²) >= 11 is 1.46. The molecule has 0 spiro atoms. The van der Waals surface area contributed by atoms with Crippen molar-refractivity contribution in [2.24, 2.45) is 5.73 Å². The van der Waals surface area contributed by atoms with E-state index >= 15 is 0 Å². The molecule has 1 aromatic heterocycles. The largest absolute Gasteiger partial charge is 0.323 e. The molecule has 112 valence electrons. The Morgan fingerprint density at radius 3 is 2.48 bits per heavy atom. The second-order valence-electron chi connectivity index (χ2n) is 6.03. The molecule has 0 aliphatic heterocycles. The van der Waals surface area contributed by atoms with Gasteiger partial charge in [0.05, 0.1) is 0 Å². The van der Waals surface area contributed by atoms with Crippen LogP contribution in [0.4, 0.5) is 0 Å². The molecule has 0 amide bonds. The third-order valence-electron chi connectivity index (χ3n) is 3.25. The van der Waals surface area contributed by atoms with E-state index < -0.39 is 0 Å². The summed E-state index contributed by atoms with van der Waals surface area (Å²) in [5, 5.41) is 0.601. The fraction of sp³-hybridized carbons (Fsp3) is 0.375. The summed E-state index contributed by atoms with van der Waals surface area (Å²) in [5.74, 6) is 0.668. The summed E-state index contributed by atoms with van der Waals surface area (Å²) in [4.78, 5) is 18.0. The molecule has 3 N–H and O–H groups in total. The number of nitrogens with zero attached hydrogens (tertiary/aromatic N) is 1. The maximum absolute atomic E-state index is 11.2. The van der Waals surface area contributed by atoms with E-state index in [0.717, 1.165) is 5.56 Å². The summed E-state index contributed by atoms with van der Waals surface area (Å²) in [6, 6.07) is 9.72. The minimum Gasteiger partial charge on any atom is -0.323 e. The molecule has 0 bridgehead atoms. The Morgan fingerprint density at radius 1 is 1.24 bits per heavy atom. The smallest absolute Gasteiger partial charge is 0.251 e. The fourth-order valence-electron chi connectivity index (χ4n) is 1.92. The molecule has 0 radical (unpaired) electrons. The molecular formula is C16H21N3OS. The van der Waals surface area contributed by atoms with Gasteiger partial charge in [-0.15, -0.1) is 0 Å². The van der Waals surface area contributed by atoms with Gasteiger partial charge in [0.1, 0.15) is 0 Å². The zero-order valence-corrected chi connectivity index (χ0v) is 13.4. The van der Waals surface area contributed by atoms with Gasteiger partial charge in [-0.1, -0.05) is 56.8 Å². The van der Waals surface area contributed by atoms with Crippen molar-refractivity contribution in [2.45, 2.75) is 37.4 Å². The van der Waals surface area contributed by atoms with E-state index in [-0.39, 0.29) is 17.0 Å².